The summed E-state index contributed by atoms with van der Waals surface area (Å²) in [5.41, 5.74) is 4.56. The number of nitrogens with zero attached hydrogens (tertiary/aromatic N) is 2. The molecule has 0 bridgehead atoms. The molecule has 2 aromatic carbocycles. The van der Waals surface area contributed by atoms with Crippen molar-refractivity contribution in [1.82, 2.24) is 15.0 Å². The second kappa shape index (κ2) is 9.01. The summed E-state index contributed by atoms with van der Waals surface area (Å²) in [5.74, 6) is 1.33. The third-order valence-electron chi connectivity index (χ3n) is 4.57. The second-order valence-corrected chi connectivity index (χ2v) is 6.93. The number of aromatic amines is 1. The van der Waals surface area contributed by atoms with E-state index in [0.717, 1.165) is 22.4 Å². The summed E-state index contributed by atoms with van der Waals surface area (Å²) in [6.07, 6.45) is 7.07. The molecule has 0 spiro atoms. The van der Waals surface area contributed by atoms with Crippen molar-refractivity contribution in [3.05, 3.63) is 112 Å². The maximum Gasteiger partial charge on any atom is 0.251 e. The molecule has 0 radical (unpaired) electrons. The summed E-state index contributed by atoms with van der Waals surface area (Å²) in [6.45, 7) is 2.60. The average molecular weight is 395 g/mol. The number of hydrogen-bond donors (Lipinski definition) is 1. The Labute approximate surface area is 174 Å². The highest BCUT2D eigenvalue weighted by atomic mass is 16.5. The van der Waals surface area contributed by atoms with Crippen molar-refractivity contribution in [3.63, 3.8) is 0 Å². The number of pyridine rings is 1. The van der Waals surface area contributed by atoms with Crippen LogP contribution < -0.4 is 10.3 Å². The van der Waals surface area contributed by atoms with E-state index in [1.165, 1.54) is 11.6 Å². The molecular weight excluding hydrogens is 374 g/mol. The van der Waals surface area contributed by atoms with E-state index in [-0.39, 0.29) is 5.56 Å². The highest BCUT2D eigenvalue weighted by Gasteiger charge is 2.02. The maximum absolute atomic E-state index is 12.0. The predicted octanol–water partition coefficient (Wildman–Crippen LogP) is 4.89. The molecule has 1 N–H and O–H groups in total. The lowest BCUT2D eigenvalue weighted by Crippen LogP contribution is -2.08. The SMILES string of the molecule is Cc1ccc(COc2ccc(/C=C/c3cc(=O)[nH]c(-c4ccncc4)n3)cc2)cc1. The molecule has 0 atom stereocenters. The number of benzene rings is 2. The van der Waals surface area contributed by atoms with Crippen LogP contribution in [-0.2, 0) is 6.61 Å². The number of ether oxygens (including phenoxy) is 1. The standard InChI is InChI=1S/C25H21N3O2/c1-18-2-4-20(5-3-18)17-30-23-10-7-19(8-11-23)6-9-22-16-24(29)28-25(27-22)21-12-14-26-15-13-21/h2-16H,17H2,1H3,(H,27,28,29)/b9-6+. The average Bonchev–Trinajstić information content (AvgIpc) is 2.78. The van der Waals surface area contributed by atoms with Crippen molar-refractivity contribution in [2.45, 2.75) is 13.5 Å². The Hall–Kier alpha value is -3.99. The van der Waals surface area contributed by atoms with Gasteiger partial charge in [0.2, 0.25) is 0 Å². The van der Waals surface area contributed by atoms with Gasteiger partial charge in [-0.15, -0.1) is 0 Å². The molecule has 2 aromatic heterocycles. The Morgan fingerprint density at radius 1 is 0.933 bits per heavy atom. The molecule has 2 heterocycles. The van der Waals surface area contributed by atoms with Gasteiger partial charge in [0.15, 0.2) is 0 Å². The molecule has 0 saturated heterocycles. The number of H-pyrrole nitrogens is 1. The molecule has 0 saturated carbocycles. The van der Waals surface area contributed by atoms with Crippen LogP contribution in [0.2, 0.25) is 0 Å². The number of aromatic nitrogens is 3. The van der Waals surface area contributed by atoms with E-state index in [1.54, 1.807) is 24.5 Å². The maximum atomic E-state index is 12.0. The molecule has 4 aromatic rings. The summed E-state index contributed by atoms with van der Waals surface area (Å²) >= 11 is 0. The zero-order chi connectivity index (χ0) is 20.8. The van der Waals surface area contributed by atoms with Gasteiger partial charge in [-0.1, -0.05) is 48.0 Å². The van der Waals surface area contributed by atoms with E-state index in [1.807, 2.05) is 36.4 Å². The Morgan fingerprint density at radius 3 is 2.40 bits per heavy atom. The van der Waals surface area contributed by atoms with E-state index >= 15 is 0 Å². The number of aryl methyl sites for hydroxylation is 1. The van der Waals surface area contributed by atoms with E-state index < -0.39 is 0 Å². The van der Waals surface area contributed by atoms with Crippen LogP contribution in [-0.4, -0.2) is 15.0 Å². The van der Waals surface area contributed by atoms with E-state index in [2.05, 4.69) is 46.1 Å². The Kier molecular flexibility index (Phi) is 5.80. The fraction of sp³-hybridized carbons (Fsp3) is 0.0800. The van der Waals surface area contributed by atoms with Gasteiger partial charge in [0.1, 0.15) is 18.2 Å². The summed E-state index contributed by atoms with van der Waals surface area (Å²) < 4.78 is 5.84. The molecule has 30 heavy (non-hydrogen) atoms. The fourth-order valence-electron chi connectivity index (χ4n) is 2.92. The summed E-state index contributed by atoms with van der Waals surface area (Å²) in [6, 6.07) is 21.2. The molecule has 0 unspecified atom stereocenters. The molecule has 0 aliphatic rings. The Balaban J connectivity index is 1.43. The molecule has 4 rings (SSSR count). The lowest BCUT2D eigenvalue weighted by Gasteiger charge is -2.07. The zero-order valence-electron chi connectivity index (χ0n) is 16.6. The van der Waals surface area contributed by atoms with Gasteiger partial charge in [0.05, 0.1) is 5.69 Å². The van der Waals surface area contributed by atoms with E-state index in [4.69, 9.17) is 4.74 Å². The first-order valence-electron chi connectivity index (χ1n) is 9.64. The van der Waals surface area contributed by atoms with E-state index in [0.29, 0.717) is 18.1 Å². The third kappa shape index (κ3) is 5.08. The number of rotatable bonds is 6. The zero-order valence-corrected chi connectivity index (χ0v) is 16.6. The minimum atomic E-state index is -0.198. The van der Waals surface area contributed by atoms with Gasteiger partial charge in [-0.25, -0.2) is 4.98 Å². The number of hydrogen-bond acceptors (Lipinski definition) is 4. The summed E-state index contributed by atoms with van der Waals surface area (Å²) in [5, 5.41) is 0. The van der Waals surface area contributed by atoms with Crippen LogP contribution in [0.3, 0.4) is 0 Å². The minimum Gasteiger partial charge on any atom is -0.489 e. The molecule has 0 fully saturated rings. The molecule has 5 nitrogen and oxygen atoms in total. The smallest absolute Gasteiger partial charge is 0.251 e. The first-order chi connectivity index (χ1) is 14.7. The Bertz CT molecular complexity index is 1200. The van der Waals surface area contributed by atoms with Crippen LogP contribution in [0.5, 0.6) is 5.75 Å². The second-order valence-electron chi connectivity index (χ2n) is 6.93. The molecule has 0 aliphatic heterocycles. The van der Waals surface area contributed by atoms with Crippen LogP contribution >= 0.6 is 0 Å². The van der Waals surface area contributed by atoms with Gasteiger partial charge in [-0.3, -0.25) is 9.78 Å². The predicted molar refractivity (Wildman–Crippen MR) is 119 cm³/mol. The van der Waals surface area contributed by atoms with Crippen LogP contribution in [0.15, 0.2) is 83.9 Å². The first-order valence-corrected chi connectivity index (χ1v) is 9.64. The quantitative estimate of drug-likeness (QED) is 0.505. The Morgan fingerprint density at radius 2 is 1.67 bits per heavy atom. The highest BCUT2D eigenvalue weighted by Crippen LogP contribution is 2.17. The molecule has 0 amide bonds. The third-order valence-corrected chi connectivity index (χ3v) is 4.57. The number of nitrogens with one attached hydrogen (secondary N) is 1. The van der Waals surface area contributed by atoms with Crippen molar-refractivity contribution < 1.29 is 4.74 Å². The van der Waals surface area contributed by atoms with Gasteiger partial charge < -0.3 is 9.72 Å². The van der Waals surface area contributed by atoms with Crippen molar-refractivity contribution in [1.29, 1.82) is 0 Å². The van der Waals surface area contributed by atoms with Gasteiger partial charge in [0, 0.05) is 24.0 Å². The molecular formula is C25H21N3O2. The van der Waals surface area contributed by atoms with Crippen molar-refractivity contribution in [2.24, 2.45) is 0 Å². The van der Waals surface area contributed by atoms with E-state index in [9.17, 15) is 4.79 Å². The van der Waals surface area contributed by atoms with Gasteiger partial charge in [-0.2, -0.15) is 0 Å². The largest absolute Gasteiger partial charge is 0.489 e. The minimum absolute atomic E-state index is 0.198. The summed E-state index contributed by atoms with van der Waals surface area (Å²) in [4.78, 5) is 23.2. The van der Waals surface area contributed by atoms with Crippen LogP contribution in [0.25, 0.3) is 23.5 Å². The van der Waals surface area contributed by atoms with Crippen LogP contribution in [0.1, 0.15) is 22.4 Å². The molecule has 0 aliphatic carbocycles. The van der Waals surface area contributed by atoms with Crippen molar-refractivity contribution in [3.8, 4) is 17.1 Å². The van der Waals surface area contributed by atoms with Crippen LogP contribution in [0, 0.1) is 6.92 Å². The lowest BCUT2D eigenvalue weighted by molar-refractivity contribution is 0.306. The normalized spacial score (nSPS) is 11.0. The highest BCUT2D eigenvalue weighted by molar-refractivity contribution is 5.69. The lowest BCUT2D eigenvalue weighted by atomic mass is 10.1. The van der Waals surface area contributed by atoms with Gasteiger partial charge in [0.25, 0.3) is 5.56 Å². The topological polar surface area (TPSA) is 67.9 Å². The van der Waals surface area contributed by atoms with Gasteiger partial charge >= 0.3 is 0 Å². The molecule has 148 valence electrons. The van der Waals surface area contributed by atoms with Crippen LogP contribution in [0.4, 0.5) is 0 Å². The first kappa shape index (κ1) is 19.3. The van der Waals surface area contributed by atoms with Crippen molar-refractivity contribution in [2.75, 3.05) is 0 Å². The van der Waals surface area contributed by atoms with Gasteiger partial charge in [-0.05, 0) is 48.4 Å². The molecule has 5 heteroatoms. The monoisotopic (exact) mass is 395 g/mol. The summed E-state index contributed by atoms with van der Waals surface area (Å²) in [7, 11) is 0. The van der Waals surface area contributed by atoms with Crippen molar-refractivity contribution >= 4 is 12.2 Å². The fourth-order valence-corrected chi connectivity index (χ4v) is 2.92.